The molecule has 0 spiro atoms. The number of aryl methyl sites for hydroxylation is 1. The number of hydrogen-bond acceptors (Lipinski definition) is 9. The Morgan fingerprint density at radius 2 is 1.56 bits per heavy atom. The topological polar surface area (TPSA) is 126 Å². The van der Waals surface area contributed by atoms with Gasteiger partial charge in [0.05, 0.1) is 30.5 Å². The number of rotatable bonds is 13. The van der Waals surface area contributed by atoms with E-state index in [0.717, 1.165) is 5.56 Å². The van der Waals surface area contributed by atoms with Gasteiger partial charge in [-0.2, -0.15) is 9.67 Å². The van der Waals surface area contributed by atoms with Crippen molar-refractivity contribution in [2.45, 2.75) is 38.8 Å². The van der Waals surface area contributed by atoms with E-state index < -0.39 is 20.3 Å². The average Bonchev–Trinajstić information content (AvgIpc) is 3.55. The van der Waals surface area contributed by atoms with E-state index in [-0.39, 0.29) is 29.6 Å². The molecule has 3 heterocycles. The first-order valence-corrected chi connectivity index (χ1v) is 18.5. The van der Waals surface area contributed by atoms with Gasteiger partial charge in [0.25, 0.3) is 14.2 Å². The van der Waals surface area contributed by atoms with Crippen LogP contribution in [-0.4, -0.2) is 70.1 Å². The largest absolute Gasteiger partial charge is 0.460 e. The summed E-state index contributed by atoms with van der Waals surface area (Å²) in [4.78, 5) is 26.6. The third-order valence-electron chi connectivity index (χ3n) is 8.23. The Bertz CT molecular complexity index is 2000. The van der Waals surface area contributed by atoms with E-state index >= 15 is 0 Å². The summed E-state index contributed by atoms with van der Waals surface area (Å²) in [7, 11) is -2.77. The molecule has 1 N–H and O–H groups in total. The summed E-state index contributed by atoms with van der Waals surface area (Å²) in [5.74, 6) is -0.0290. The predicted octanol–water partition coefficient (Wildman–Crippen LogP) is 5.55. The summed E-state index contributed by atoms with van der Waals surface area (Å²) in [5.41, 5.74) is 2.17. The maximum atomic E-state index is 13.7. The summed E-state index contributed by atoms with van der Waals surface area (Å²) in [6.45, 7) is 8.98. The minimum atomic E-state index is -2.77. The van der Waals surface area contributed by atoms with Gasteiger partial charge in [-0.1, -0.05) is 116 Å². The Morgan fingerprint density at radius 1 is 0.880 bits per heavy atom. The van der Waals surface area contributed by atoms with E-state index in [1.807, 2.05) is 61.5 Å². The van der Waals surface area contributed by atoms with E-state index in [1.54, 1.807) is 24.4 Å². The number of nitrogens with one attached hydrogen (secondary N) is 1. The highest BCUT2D eigenvalue weighted by atomic mass is 35.5. The fourth-order valence-corrected chi connectivity index (χ4v) is 10.6. The highest BCUT2D eigenvalue weighted by molar-refractivity contribution is 6.99. The molecule has 0 unspecified atom stereocenters. The molecule has 6 rings (SSSR count). The first-order chi connectivity index (χ1) is 24.2. The van der Waals surface area contributed by atoms with Gasteiger partial charge in [0.15, 0.2) is 11.2 Å². The minimum Gasteiger partial charge on any atom is -0.460 e. The number of hydrogen-bond donors (Lipinski definition) is 1. The number of fused-ring (bicyclic) bond motifs is 1. The second-order valence-electron chi connectivity index (χ2n) is 12.7. The van der Waals surface area contributed by atoms with Gasteiger partial charge < -0.3 is 19.2 Å². The lowest BCUT2D eigenvalue weighted by Crippen LogP contribution is -2.66. The Balaban J connectivity index is 1.22. The van der Waals surface area contributed by atoms with Crippen LogP contribution in [0.3, 0.4) is 0 Å². The zero-order valence-electron chi connectivity index (χ0n) is 28.3. The van der Waals surface area contributed by atoms with Crippen molar-refractivity contribution >= 4 is 53.2 Å². The SMILES string of the molecule is Cc1ccc(NC(=O)[C@H](COCCO[Si](c2ccccc2)(c2ccccc2)C(C)(C)C)Oc2ncnc3c2nnn3-c2ccccc2Cl)nc1. The van der Waals surface area contributed by atoms with Gasteiger partial charge in [-0.05, 0) is 46.1 Å². The van der Waals surface area contributed by atoms with Gasteiger partial charge in [-0.3, -0.25) is 4.79 Å². The quantitative estimate of drug-likeness (QED) is 0.122. The van der Waals surface area contributed by atoms with Crippen LogP contribution in [0.25, 0.3) is 16.9 Å². The van der Waals surface area contributed by atoms with Crippen LogP contribution in [0.4, 0.5) is 5.82 Å². The highest BCUT2D eigenvalue weighted by Gasteiger charge is 2.50. The van der Waals surface area contributed by atoms with E-state index in [0.29, 0.717) is 28.8 Å². The zero-order chi connectivity index (χ0) is 35.1. The minimum absolute atomic E-state index is 0.0671. The first-order valence-electron chi connectivity index (χ1n) is 16.2. The van der Waals surface area contributed by atoms with Crippen molar-refractivity contribution in [3.05, 3.63) is 120 Å². The molecule has 11 nitrogen and oxygen atoms in total. The molecular formula is C37H38ClN7O4Si. The molecule has 50 heavy (non-hydrogen) atoms. The van der Waals surface area contributed by atoms with Crippen LogP contribution in [0.2, 0.25) is 10.1 Å². The molecule has 0 aliphatic rings. The maximum absolute atomic E-state index is 13.7. The Labute approximate surface area is 296 Å². The number of aromatic nitrogens is 6. The van der Waals surface area contributed by atoms with E-state index in [1.165, 1.54) is 21.4 Å². The van der Waals surface area contributed by atoms with Gasteiger partial charge in [0.2, 0.25) is 12.0 Å². The summed E-state index contributed by atoms with van der Waals surface area (Å²) >= 11 is 6.43. The number of nitrogens with zero attached hydrogens (tertiary/aromatic N) is 6. The van der Waals surface area contributed by atoms with Crippen molar-refractivity contribution in [3.8, 4) is 11.6 Å². The Morgan fingerprint density at radius 3 is 2.20 bits per heavy atom. The average molecular weight is 708 g/mol. The number of carbonyl (C=O) groups is 1. The van der Waals surface area contributed by atoms with E-state index in [4.69, 9.17) is 25.5 Å². The molecule has 6 aromatic rings. The normalized spacial score (nSPS) is 12.5. The smallest absolute Gasteiger partial charge is 0.269 e. The molecule has 0 saturated heterocycles. The lowest BCUT2D eigenvalue weighted by molar-refractivity contribution is -0.125. The number of ether oxygens (including phenoxy) is 2. The second kappa shape index (κ2) is 15.3. The Kier molecular flexibility index (Phi) is 10.6. The van der Waals surface area contributed by atoms with Gasteiger partial charge >= 0.3 is 0 Å². The molecule has 0 aliphatic heterocycles. The van der Waals surface area contributed by atoms with Gasteiger partial charge in [0, 0.05) is 6.20 Å². The zero-order valence-corrected chi connectivity index (χ0v) is 30.0. The predicted molar refractivity (Wildman–Crippen MR) is 196 cm³/mol. The van der Waals surface area contributed by atoms with Crippen molar-refractivity contribution in [1.29, 1.82) is 0 Å². The van der Waals surface area contributed by atoms with Crippen molar-refractivity contribution in [1.82, 2.24) is 29.9 Å². The molecule has 0 saturated carbocycles. The number of pyridine rings is 1. The first kappa shape index (κ1) is 34.8. The molecular weight excluding hydrogens is 670 g/mol. The molecule has 3 aromatic carbocycles. The lowest BCUT2D eigenvalue weighted by Gasteiger charge is -2.43. The van der Waals surface area contributed by atoms with Crippen LogP contribution in [0.1, 0.15) is 26.3 Å². The van der Waals surface area contributed by atoms with Crippen molar-refractivity contribution in [3.63, 3.8) is 0 Å². The van der Waals surface area contributed by atoms with Crippen LogP contribution in [-0.2, 0) is 14.0 Å². The van der Waals surface area contributed by atoms with Gasteiger partial charge in [-0.15, -0.1) is 5.10 Å². The van der Waals surface area contributed by atoms with E-state index in [2.05, 4.69) is 75.6 Å². The van der Waals surface area contributed by atoms with Crippen LogP contribution >= 0.6 is 11.6 Å². The number of para-hydroxylation sites is 1. The molecule has 256 valence electrons. The number of halogens is 1. The summed E-state index contributed by atoms with van der Waals surface area (Å²) in [6.07, 6.45) is 1.86. The number of amides is 1. The third-order valence-corrected chi connectivity index (χ3v) is 13.6. The number of benzene rings is 3. The maximum Gasteiger partial charge on any atom is 0.269 e. The lowest BCUT2D eigenvalue weighted by atomic mass is 10.2. The summed E-state index contributed by atoms with van der Waals surface area (Å²) in [5, 5.41) is 13.9. The fourth-order valence-electron chi connectivity index (χ4n) is 5.85. The number of carbonyl (C=O) groups excluding carboxylic acids is 1. The monoisotopic (exact) mass is 707 g/mol. The van der Waals surface area contributed by atoms with Gasteiger partial charge in [0.1, 0.15) is 12.1 Å². The molecule has 3 aromatic heterocycles. The number of anilines is 1. The van der Waals surface area contributed by atoms with Gasteiger partial charge in [-0.25, -0.2) is 9.97 Å². The standard InChI is InChI=1S/C37H38ClN7O4Si/c1-26-19-20-32(39-23-26)42-35(46)31(49-36-33-34(40-25-41-36)45(44-43-33)30-18-12-11-17-29(30)38)24-47-21-22-48-50(37(2,3)4,27-13-7-5-8-14-27)28-15-9-6-10-16-28/h5-20,23,25,31H,21-22,24H2,1-4H3,(H,39,42,46)/t31-/m0/s1. The second-order valence-corrected chi connectivity index (χ2v) is 17.4. The molecule has 1 amide bonds. The van der Waals surface area contributed by atoms with Crippen molar-refractivity contribution in [2.24, 2.45) is 0 Å². The molecule has 0 bridgehead atoms. The highest BCUT2D eigenvalue weighted by Crippen LogP contribution is 2.36. The van der Waals surface area contributed by atoms with Crippen LogP contribution in [0.15, 0.2) is 110 Å². The van der Waals surface area contributed by atoms with Crippen LogP contribution in [0.5, 0.6) is 5.88 Å². The van der Waals surface area contributed by atoms with Crippen LogP contribution < -0.4 is 20.4 Å². The molecule has 0 aliphatic carbocycles. The van der Waals surface area contributed by atoms with Crippen molar-refractivity contribution < 1.29 is 18.7 Å². The molecule has 13 heteroatoms. The molecule has 0 fully saturated rings. The molecule has 0 radical (unpaired) electrons. The fraction of sp³-hybridized carbons (Fsp3) is 0.243. The van der Waals surface area contributed by atoms with Crippen LogP contribution in [0, 0.1) is 6.92 Å². The van der Waals surface area contributed by atoms with E-state index in [9.17, 15) is 4.79 Å². The summed E-state index contributed by atoms with van der Waals surface area (Å²) < 4.78 is 20.8. The summed E-state index contributed by atoms with van der Waals surface area (Å²) in [6, 6.07) is 31.6. The Hall–Kier alpha value is -5.01. The van der Waals surface area contributed by atoms with Crippen molar-refractivity contribution in [2.75, 3.05) is 25.1 Å². The third kappa shape index (κ3) is 7.43. The molecule has 1 atom stereocenters.